The predicted octanol–water partition coefficient (Wildman–Crippen LogP) is 1.25. The van der Waals surface area contributed by atoms with E-state index >= 15 is 0 Å². The molecule has 0 aromatic carbocycles. The normalized spacial score (nSPS) is 11.1. The highest BCUT2D eigenvalue weighted by atomic mass is 15.4. The highest BCUT2D eigenvalue weighted by Crippen LogP contribution is 2.18. The number of imidazole rings is 1. The van der Waals surface area contributed by atoms with E-state index in [9.17, 15) is 0 Å². The van der Waals surface area contributed by atoms with E-state index in [1.807, 2.05) is 0 Å². The standard InChI is InChI=1S/C9H18N4/c1-4-5-7-8(10)13(11)9(12-7)6(2)3/h6H,4-5,10-11H2,1-3H3. The minimum Gasteiger partial charge on any atom is -0.382 e. The lowest BCUT2D eigenvalue weighted by atomic mass is 10.2. The largest absolute Gasteiger partial charge is 0.382 e. The third-order valence-electron chi connectivity index (χ3n) is 2.05. The first-order valence-electron chi connectivity index (χ1n) is 4.70. The van der Waals surface area contributed by atoms with Crippen molar-refractivity contribution in [1.29, 1.82) is 0 Å². The van der Waals surface area contributed by atoms with Gasteiger partial charge >= 0.3 is 0 Å². The first-order valence-corrected chi connectivity index (χ1v) is 4.70. The SMILES string of the molecule is CCCc1nc(C(C)C)n(N)c1N. The van der Waals surface area contributed by atoms with Gasteiger partial charge in [0, 0.05) is 5.92 Å². The van der Waals surface area contributed by atoms with E-state index < -0.39 is 0 Å². The molecule has 0 aliphatic heterocycles. The molecule has 1 aromatic heterocycles. The van der Waals surface area contributed by atoms with Crippen molar-refractivity contribution in [3.8, 4) is 0 Å². The van der Waals surface area contributed by atoms with Crippen LogP contribution in [0.4, 0.5) is 5.82 Å². The smallest absolute Gasteiger partial charge is 0.145 e. The van der Waals surface area contributed by atoms with Crippen LogP contribution < -0.4 is 11.6 Å². The van der Waals surface area contributed by atoms with E-state index in [2.05, 4.69) is 25.8 Å². The molecule has 0 spiro atoms. The molecule has 1 aromatic rings. The Bertz CT molecular complexity index is 288. The maximum Gasteiger partial charge on any atom is 0.145 e. The zero-order valence-electron chi connectivity index (χ0n) is 8.54. The van der Waals surface area contributed by atoms with E-state index in [1.165, 1.54) is 4.68 Å². The number of nitrogen functional groups attached to an aromatic ring is 2. The van der Waals surface area contributed by atoms with Gasteiger partial charge in [-0.25, -0.2) is 9.66 Å². The van der Waals surface area contributed by atoms with Crippen molar-refractivity contribution < 1.29 is 0 Å². The first-order chi connectivity index (χ1) is 6.07. The average Bonchev–Trinajstić information content (AvgIpc) is 2.33. The molecule has 0 saturated carbocycles. The Morgan fingerprint density at radius 2 is 2.08 bits per heavy atom. The van der Waals surface area contributed by atoms with Crippen molar-refractivity contribution in [2.45, 2.75) is 39.5 Å². The molecule has 4 heteroatoms. The number of nitrogens with two attached hydrogens (primary N) is 2. The highest BCUT2D eigenvalue weighted by molar-refractivity contribution is 5.39. The van der Waals surface area contributed by atoms with Crippen molar-refractivity contribution in [3.05, 3.63) is 11.5 Å². The topological polar surface area (TPSA) is 69.9 Å². The second-order valence-corrected chi connectivity index (χ2v) is 3.58. The van der Waals surface area contributed by atoms with Crippen molar-refractivity contribution in [2.24, 2.45) is 0 Å². The van der Waals surface area contributed by atoms with Gasteiger partial charge in [-0.3, -0.25) is 0 Å². The lowest BCUT2D eigenvalue weighted by Gasteiger charge is -2.04. The second-order valence-electron chi connectivity index (χ2n) is 3.58. The number of aryl methyl sites for hydroxylation is 1. The molecule has 0 unspecified atom stereocenters. The maximum absolute atomic E-state index is 5.80. The van der Waals surface area contributed by atoms with Crippen LogP contribution in [0.2, 0.25) is 0 Å². The number of hydrogen-bond acceptors (Lipinski definition) is 3. The number of anilines is 1. The number of hydrogen-bond donors (Lipinski definition) is 2. The maximum atomic E-state index is 5.80. The molecule has 0 saturated heterocycles. The first kappa shape index (κ1) is 9.89. The summed E-state index contributed by atoms with van der Waals surface area (Å²) in [6.07, 6.45) is 1.94. The summed E-state index contributed by atoms with van der Waals surface area (Å²) in [4.78, 5) is 4.41. The molecule has 4 N–H and O–H groups in total. The minimum atomic E-state index is 0.318. The van der Waals surface area contributed by atoms with Crippen LogP contribution in [0.1, 0.15) is 44.6 Å². The summed E-state index contributed by atoms with van der Waals surface area (Å²) in [5, 5.41) is 0. The molecule has 4 nitrogen and oxygen atoms in total. The fourth-order valence-electron chi connectivity index (χ4n) is 1.34. The minimum absolute atomic E-state index is 0.318. The van der Waals surface area contributed by atoms with Gasteiger partial charge < -0.3 is 11.6 Å². The molecular weight excluding hydrogens is 164 g/mol. The Kier molecular flexibility index (Phi) is 2.80. The van der Waals surface area contributed by atoms with Gasteiger partial charge in [-0.05, 0) is 6.42 Å². The van der Waals surface area contributed by atoms with Crippen LogP contribution in [0.3, 0.4) is 0 Å². The molecular formula is C9H18N4. The van der Waals surface area contributed by atoms with Crippen molar-refractivity contribution in [2.75, 3.05) is 11.6 Å². The quantitative estimate of drug-likeness (QED) is 0.691. The Hall–Kier alpha value is -1.19. The van der Waals surface area contributed by atoms with E-state index in [-0.39, 0.29) is 0 Å². The molecule has 0 fully saturated rings. The zero-order valence-corrected chi connectivity index (χ0v) is 8.54. The monoisotopic (exact) mass is 182 g/mol. The van der Waals surface area contributed by atoms with E-state index in [4.69, 9.17) is 11.6 Å². The summed E-state index contributed by atoms with van der Waals surface area (Å²) in [5.41, 5.74) is 6.73. The van der Waals surface area contributed by atoms with Gasteiger partial charge in [-0.2, -0.15) is 0 Å². The molecule has 0 aliphatic carbocycles. The summed E-state index contributed by atoms with van der Waals surface area (Å²) in [7, 11) is 0. The summed E-state index contributed by atoms with van der Waals surface area (Å²) in [6.45, 7) is 6.21. The Morgan fingerprint density at radius 3 is 2.46 bits per heavy atom. The van der Waals surface area contributed by atoms with Gasteiger partial charge in [0.15, 0.2) is 0 Å². The summed E-state index contributed by atoms with van der Waals surface area (Å²) in [5.74, 6) is 7.55. The van der Waals surface area contributed by atoms with Gasteiger partial charge in [0.1, 0.15) is 11.6 Å². The van der Waals surface area contributed by atoms with Gasteiger partial charge in [-0.15, -0.1) is 0 Å². The summed E-state index contributed by atoms with van der Waals surface area (Å²) < 4.78 is 1.50. The lowest BCUT2D eigenvalue weighted by molar-refractivity contribution is 0.735. The molecule has 0 aliphatic rings. The fourth-order valence-corrected chi connectivity index (χ4v) is 1.34. The fraction of sp³-hybridized carbons (Fsp3) is 0.667. The average molecular weight is 182 g/mol. The van der Waals surface area contributed by atoms with Gasteiger partial charge in [0.25, 0.3) is 0 Å². The van der Waals surface area contributed by atoms with Crippen molar-refractivity contribution >= 4 is 5.82 Å². The van der Waals surface area contributed by atoms with Crippen LogP contribution in [0.25, 0.3) is 0 Å². The molecule has 0 atom stereocenters. The second kappa shape index (κ2) is 3.68. The molecule has 1 heterocycles. The Balaban J connectivity index is 3.05. The van der Waals surface area contributed by atoms with Gasteiger partial charge in [0.2, 0.25) is 0 Å². The van der Waals surface area contributed by atoms with Crippen LogP contribution in [0.15, 0.2) is 0 Å². The Labute approximate surface area is 78.9 Å². The van der Waals surface area contributed by atoms with Gasteiger partial charge in [0.05, 0.1) is 5.69 Å². The molecule has 0 radical (unpaired) electrons. The summed E-state index contributed by atoms with van der Waals surface area (Å²) >= 11 is 0. The van der Waals surface area contributed by atoms with E-state index in [0.717, 1.165) is 24.4 Å². The molecule has 0 bridgehead atoms. The number of rotatable bonds is 3. The van der Waals surface area contributed by atoms with Crippen LogP contribution >= 0.6 is 0 Å². The number of aromatic nitrogens is 2. The highest BCUT2D eigenvalue weighted by Gasteiger charge is 2.13. The molecule has 0 amide bonds. The summed E-state index contributed by atoms with van der Waals surface area (Å²) in [6, 6.07) is 0. The van der Waals surface area contributed by atoms with Crippen LogP contribution in [0, 0.1) is 0 Å². The predicted molar refractivity (Wildman–Crippen MR) is 54.9 cm³/mol. The van der Waals surface area contributed by atoms with Crippen LogP contribution in [-0.2, 0) is 6.42 Å². The third kappa shape index (κ3) is 1.76. The van der Waals surface area contributed by atoms with Crippen molar-refractivity contribution in [1.82, 2.24) is 9.66 Å². The van der Waals surface area contributed by atoms with Crippen LogP contribution in [-0.4, -0.2) is 9.66 Å². The van der Waals surface area contributed by atoms with E-state index in [0.29, 0.717) is 11.7 Å². The third-order valence-corrected chi connectivity index (χ3v) is 2.05. The van der Waals surface area contributed by atoms with E-state index in [1.54, 1.807) is 0 Å². The molecule has 74 valence electrons. The molecule has 13 heavy (non-hydrogen) atoms. The van der Waals surface area contributed by atoms with Gasteiger partial charge in [-0.1, -0.05) is 27.2 Å². The van der Waals surface area contributed by atoms with Crippen LogP contribution in [0.5, 0.6) is 0 Å². The molecule has 1 rings (SSSR count). The zero-order chi connectivity index (χ0) is 10.0. The lowest BCUT2D eigenvalue weighted by Crippen LogP contribution is -2.16. The van der Waals surface area contributed by atoms with Crippen molar-refractivity contribution in [3.63, 3.8) is 0 Å². The number of nitrogens with zero attached hydrogens (tertiary/aromatic N) is 2. The Morgan fingerprint density at radius 1 is 1.46 bits per heavy atom.